The largest absolute Gasteiger partial charge is 0.329 e. The molecule has 1 N–H and O–H groups in total. The lowest BCUT2D eigenvalue weighted by Gasteiger charge is -2.31. The highest BCUT2D eigenvalue weighted by Gasteiger charge is 2.32. The van der Waals surface area contributed by atoms with Crippen molar-refractivity contribution in [3.63, 3.8) is 0 Å². The second-order valence-electron chi connectivity index (χ2n) is 6.21. The fourth-order valence-electron chi connectivity index (χ4n) is 3.02. The van der Waals surface area contributed by atoms with Crippen LogP contribution in [0.2, 0.25) is 10.0 Å². The van der Waals surface area contributed by atoms with E-state index in [0.717, 1.165) is 12.1 Å². The minimum atomic E-state index is -3.65. The number of rotatable bonds is 4. The fourth-order valence-corrected chi connectivity index (χ4v) is 5.20. The molecule has 0 aromatic heterocycles. The first-order chi connectivity index (χ1) is 12.4. The highest BCUT2D eigenvalue weighted by molar-refractivity contribution is 7.89. The smallest absolute Gasteiger partial charge is 0.245 e. The van der Waals surface area contributed by atoms with Crippen LogP contribution >= 0.6 is 23.2 Å². The Balaban J connectivity index is 1.66. The van der Waals surface area contributed by atoms with E-state index < -0.39 is 10.0 Å². The Morgan fingerprint density at radius 1 is 1.08 bits per heavy atom. The zero-order valence-electron chi connectivity index (χ0n) is 14.0. The van der Waals surface area contributed by atoms with Gasteiger partial charge < -0.3 is 4.90 Å². The molecule has 136 valence electrons. The summed E-state index contributed by atoms with van der Waals surface area (Å²) >= 11 is 12.0. The lowest BCUT2D eigenvalue weighted by atomic mass is 10.1. The minimum Gasteiger partial charge on any atom is -0.329 e. The molecule has 1 heterocycles. The van der Waals surface area contributed by atoms with Gasteiger partial charge in [-0.25, -0.2) is 8.42 Å². The average Bonchev–Trinajstić information content (AvgIpc) is 2.65. The van der Waals surface area contributed by atoms with Crippen molar-refractivity contribution in [1.29, 1.82) is 5.26 Å². The molecule has 2 aromatic carbocycles. The van der Waals surface area contributed by atoms with E-state index in [1.54, 1.807) is 18.2 Å². The number of hydrogen-bond donors (Lipinski definition) is 1. The molecule has 8 heteroatoms. The van der Waals surface area contributed by atoms with Gasteiger partial charge in [-0.15, -0.1) is 0 Å². The number of nitriles is 1. The quantitative estimate of drug-likeness (QED) is 0.837. The van der Waals surface area contributed by atoms with E-state index in [2.05, 4.69) is 6.07 Å². The van der Waals surface area contributed by atoms with E-state index >= 15 is 0 Å². The van der Waals surface area contributed by atoms with Crippen molar-refractivity contribution in [2.24, 2.45) is 0 Å². The van der Waals surface area contributed by atoms with Gasteiger partial charge in [0.25, 0.3) is 0 Å². The number of sulfonamides is 1. The summed E-state index contributed by atoms with van der Waals surface area (Å²) in [5.74, 6) is 0. The van der Waals surface area contributed by atoms with Crippen LogP contribution in [0.25, 0.3) is 0 Å². The van der Waals surface area contributed by atoms with Gasteiger partial charge in [0.05, 0.1) is 42.8 Å². The Kier molecular flexibility index (Phi) is 5.86. The molecule has 1 saturated heterocycles. The van der Waals surface area contributed by atoms with Crippen molar-refractivity contribution in [3.05, 3.63) is 63.6 Å². The van der Waals surface area contributed by atoms with Crippen molar-refractivity contribution in [1.82, 2.24) is 4.31 Å². The Morgan fingerprint density at radius 3 is 2.35 bits per heavy atom. The van der Waals surface area contributed by atoms with Crippen molar-refractivity contribution in [3.8, 4) is 6.07 Å². The van der Waals surface area contributed by atoms with Gasteiger partial charge in [-0.05, 0) is 30.3 Å². The van der Waals surface area contributed by atoms with Crippen LogP contribution in [-0.4, -0.2) is 38.9 Å². The summed E-state index contributed by atoms with van der Waals surface area (Å²) in [6.45, 7) is 3.07. The molecule has 3 rings (SSSR count). The first kappa shape index (κ1) is 19.2. The first-order valence-corrected chi connectivity index (χ1v) is 10.4. The summed E-state index contributed by atoms with van der Waals surface area (Å²) in [6.07, 6.45) is 0. The van der Waals surface area contributed by atoms with E-state index in [-0.39, 0.29) is 9.92 Å². The van der Waals surface area contributed by atoms with Crippen LogP contribution in [0.4, 0.5) is 0 Å². The molecule has 1 aliphatic rings. The molecule has 0 aliphatic carbocycles. The minimum absolute atomic E-state index is 0.0576. The monoisotopic (exact) mass is 410 g/mol. The molecule has 5 nitrogen and oxygen atoms in total. The van der Waals surface area contributed by atoms with Crippen molar-refractivity contribution in [2.45, 2.75) is 11.4 Å². The average molecular weight is 411 g/mol. The zero-order valence-corrected chi connectivity index (χ0v) is 16.3. The summed E-state index contributed by atoms with van der Waals surface area (Å²) < 4.78 is 27.1. The lowest BCUT2D eigenvalue weighted by molar-refractivity contribution is -0.917. The number of halogens is 2. The van der Waals surface area contributed by atoms with Crippen LogP contribution in [0.1, 0.15) is 11.1 Å². The maximum Gasteiger partial charge on any atom is 0.245 e. The van der Waals surface area contributed by atoms with Gasteiger partial charge in [0.15, 0.2) is 0 Å². The van der Waals surface area contributed by atoms with Crippen molar-refractivity contribution < 1.29 is 13.3 Å². The summed E-state index contributed by atoms with van der Waals surface area (Å²) in [4.78, 5) is 1.36. The lowest BCUT2D eigenvalue weighted by Crippen LogP contribution is -3.13. The predicted molar refractivity (Wildman–Crippen MR) is 101 cm³/mol. The van der Waals surface area contributed by atoms with E-state index in [4.69, 9.17) is 28.5 Å². The van der Waals surface area contributed by atoms with Gasteiger partial charge in [-0.2, -0.15) is 9.57 Å². The van der Waals surface area contributed by atoms with Gasteiger partial charge in [0.1, 0.15) is 11.4 Å². The number of nitrogens with one attached hydrogen (secondary N) is 1. The third kappa shape index (κ3) is 4.20. The maximum atomic E-state index is 12.8. The Hall–Kier alpha value is -1.62. The molecule has 1 fully saturated rings. The van der Waals surface area contributed by atoms with Gasteiger partial charge in [0.2, 0.25) is 10.0 Å². The summed E-state index contributed by atoms with van der Waals surface area (Å²) in [6, 6.07) is 14.1. The second-order valence-corrected chi connectivity index (χ2v) is 8.96. The van der Waals surface area contributed by atoms with Crippen LogP contribution in [0, 0.1) is 11.3 Å². The highest BCUT2D eigenvalue weighted by Crippen LogP contribution is 2.27. The summed E-state index contributed by atoms with van der Waals surface area (Å²) in [5.41, 5.74) is 1.77. The molecule has 0 amide bonds. The molecule has 26 heavy (non-hydrogen) atoms. The molecular weight excluding hydrogens is 393 g/mol. The fraction of sp³-hybridized carbons (Fsp3) is 0.278. The SMILES string of the molecule is N#Cc1ccc(C[NH+]2CCN(S(=O)(=O)c3cc(Cl)ccc3Cl)CC2)cc1. The standard InChI is InChI=1S/C18H17Cl2N3O2S/c19-16-5-6-17(20)18(11-16)26(24,25)23-9-7-22(8-10-23)13-15-3-1-14(12-21)2-4-15/h1-6,11H,7-10,13H2/p+1. The van der Waals surface area contributed by atoms with Gasteiger partial charge in [-0.1, -0.05) is 35.3 Å². The second kappa shape index (κ2) is 7.95. The summed E-state index contributed by atoms with van der Waals surface area (Å²) in [5, 5.41) is 9.38. The molecule has 0 atom stereocenters. The molecular formula is C18H18Cl2N3O2S+. The first-order valence-electron chi connectivity index (χ1n) is 8.18. The molecule has 0 saturated carbocycles. The number of quaternary nitrogens is 1. The van der Waals surface area contributed by atoms with Gasteiger partial charge in [-0.3, -0.25) is 0 Å². The summed E-state index contributed by atoms with van der Waals surface area (Å²) in [7, 11) is -3.65. The third-order valence-electron chi connectivity index (χ3n) is 4.48. The number of hydrogen-bond acceptors (Lipinski definition) is 3. The van der Waals surface area contributed by atoms with E-state index in [0.29, 0.717) is 36.8 Å². The zero-order chi connectivity index (χ0) is 18.7. The van der Waals surface area contributed by atoms with Gasteiger partial charge >= 0.3 is 0 Å². The van der Waals surface area contributed by atoms with E-state index in [1.807, 2.05) is 12.1 Å². The topological polar surface area (TPSA) is 65.6 Å². The van der Waals surface area contributed by atoms with E-state index in [1.165, 1.54) is 21.3 Å². The van der Waals surface area contributed by atoms with Crippen LogP contribution in [0.3, 0.4) is 0 Å². The Bertz CT molecular complexity index is 932. The van der Waals surface area contributed by atoms with Crippen LogP contribution in [0.5, 0.6) is 0 Å². The third-order valence-corrected chi connectivity index (χ3v) is 7.09. The van der Waals surface area contributed by atoms with Crippen LogP contribution in [0.15, 0.2) is 47.4 Å². The van der Waals surface area contributed by atoms with E-state index in [9.17, 15) is 8.42 Å². The molecule has 0 unspecified atom stereocenters. The normalized spacial score (nSPS) is 16.3. The van der Waals surface area contributed by atoms with Crippen LogP contribution < -0.4 is 4.90 Å². The Labute approximate surface area is 163 Å². The van der Waals surface area contributed by atoms with Crippen molar-refractivity contribution >= 4 is 33.2 Å². The molecule has 0 radical (unpaired) electrons. The number of piperazine rings is 1. The predicted octanol–water partition coefficient (Wildman–Crippen LogP) is 1.95. The van der Waals surface area contributed by atoms with Crippen LogP contribution in [-0.2, 0) is 16.6 Å². The highest BCUT2D eigenvalue weighted by atomic mass is 35.5. The maximum absolute atomic E-state index is 12.8. The molecule has 2 aromatic rings. The van der Waals surface area contributed by atoms with Crippen molar-refractivity contribution in [2.75, 3.05) is 26.2 Å². The molecule has 0 spiro atoms. The van der Waals surface area contributed by atoms with Gasteiger partial charge in [0, 0.05) is 10.6 Å². The molecule has 1 aliphatic heterocycles. The number of benzene rings is 2. The Morgan fingerprint density at radius 2 is 1.73 bits per heavy atom. The number of nitrogens with zero attached hydrogens (tertiary/aromatic N) is 2. The molecule has 0 bridgehead atoms.